The van der Waals surface area contributed by atoms with Gasteiger partial charge in [-0.1, -0.05) is 11.6 Å². The molecule has 3 rings (SSSR count). The molecule has 1 amide bonds. The number of hydrogen-bond acceptors (Lipinski definition) is 4. The Balaban J connectivity index is 1.94. The van der Waals surface area contributed by atoms with Crippen LogP contribution in [-0.2, 0) is 6.54 Å². The minimum Gasteiger partial charge on any atom is -0.301 e. The third-order valence-electron chi connectivity index (χ3n) is 3.07. The molecule has 0 saturated heterocycles. The maximum Gasteiger partial charge on any atom is 0.277 e. The zero-order valence-electron chi connectivity index (χ0n) is 11.5. The molecule has 0 spiro atoms. The Morgan fingerprint density at radius 3 is 2.77 bits per heavy atom. The van der Waals surface area contributed by atoms with E-state index in [0.717, 1.165) is 11.3 Å². The van der Waals surface area contributed by atoms with Crippen molar-refractivity contribution in [2.75, 3.05) is 4.90 Å². The molecule has 22 heavy (non-hydrogen) atoms. The largest absolute Gasteiger partial charge is 0.301 e. The van der Waals surface area contributed by atoms with E-state index in [1.54, 1.807) is 46.8 Å². The van der Waals surface area contributed by atoms with E-state index in [1.165, 1.54) is 6.20 Å². The maximum absolute atomic E-state index is 12.8. The summed E-state index contributed by atoms with van der Waals surface area (Å²) in [5, 5.41) is 4.51. The molecule has 0 N–H and O–H groups in total. The summed E-state index contributed by atoms with van der Waals surface area (Å²) in [7, 11) is 0. The van der Waals surface area contributed by atoms with Crippen LogP contribution in [0.5, 0.6) is 0 Å². The highest BCUT2D eigenvalue weighted by Gasteiger charge is 2.19. The molecule has 3 heterocycles. The van der Waals surface area contributed by atoms with E-state index >= 15 is 0 Å². The molecule has 0 fully saturated rings. The molecule has 3 aromatic rings. The van der Waals surface area contributed by atoms with E-state index in [2.05, 4.69) is 9.97 Å². The molecular formula is C16H12ClN3OS. The van der Waals surface area contributed by atoms with Gasteiger partial charge in [-0.25, -0.2) is 4.98 Å². The zero-order valence-corrected chi connectivity index (χ0v) is 13.1. The number of thiophene rings is 1. The number of amides is 1. The van der Waals surface area contributed by atoms with Crippen LogP contribution in [0.3, 0.4) is 0 Å². The smallest absolute Gasteiger partial charge is 0.277 e. The summed E-state index contributed by atoms with van der Waals surface area (Å²) < 4.78 is 0. The molecule has 6 heteroatoms. The van der Waals surface area contributed by atoms with Crippen LogP contribution in [-0.4, -0.2) is 15.9 Å². The van der Waals surface area contributed by atoms with Crippen molar-refractivity contribution in [2.24, 2.45) is 0 Å². The standard InChI is InChI=1S/C16H12ClN3OS/c17-13-3-4-15(19-8-13)16(21)20(10-12-5-7-22-11-12)14-2-1-6-18-9-14/h1-9,11H,10H2. The summed E-state index contributed by atoms with van der Waals surface area (Å²) in [4.78, 5) is 22.6. The van der Waals surface area contributed by atoms with E-state index in [4.69, 9.17) is 11.6 Å². The lowest BCUT2D eigenvalue weighted by Crippen LogP contribution is -2.31. The number of nitrogens with zero attached hydrogens (tertiary/aromatic N) is 3. The molecule has 0 aliphatic heterocycles. The van der Waals surface area contributed by atoms with Crippen LogP contribution in [0.25, 0.3) is 0 Å². The van der Waals surface area contributed by atoms with Gasteiger partial charge in [0, 0.05) is 12.4 Å². The van der Waals surface area contributed by atoms with Gasteiger partial charge in [-0.05, 0) is 46.7 Å². The van der Waals surface area contributed by atoms with Crippen LogP contribution < -0.4 is 4.90 Å². The van der Waals surface area contributed by atoms with Gasteiger partial charge in [0.15, 0.2) is 0 Å². The number of pyridine rings is 2. The second kappa shape index (κ2) is 6.68. The summed E-state index contributed by atoms with van der Waals surface area (Å²) >= 11 is 7.43. The molecule has 4 nitrogen and oxygen atoms in total. The Kier molecular flexibility index (Phi) is 4.46. The highest BCUT2D eigenvalue weighted by atomic mass is 35.5. The van der Waals surface area contributed by atoms with Crippen molar-refractivity contribution in [1.29, 1.82) is 0 Å². The average Bonchev–Trinajstić information content (AvgIpc) is 3.07. The van der Waals surface area contributed by atoms with Crippen LogP contribution in [0.1, 0.15) is 16.1 Å². The van der Waals surface area contributed by atoms with E-state index in [9.17, 15) is 4.79 Å². The van der Waals surface area contributed by atoms with Gasteiger partial charge in [-0.15, -0.1) is 0 Å². The molecule has 0 aliphatic carbocycles. The van der Waals surface area contributed by atoms with Gasteiger partial charge in [0.05, 0.1) is 23.5 Å². The van der Waals surface area contributed by atoms with Crippen LogP contribution in [0.2, 0.25) is 5.02 Å². The quantitative estimate of drug-likeness (QED) is 0.725. The first kappa shape index (κ1) is 14.7. The SMILES string of the molecule is O=C(c1ccc(Cl)cn1)N(Cc1ccsc1)c1cccnc1. The number of carbonyl (C=O) groups excluding carboxylic acids is 1. The van der Waals surface area contributed by atoms with Crippen molar-refractivity contribution in [3.63, 3.8) is 0 Å². The molecular weight excluding hydrogens is 318 g/mol. The number of halogens is 1. The van der Waals surface area contributed by atoms with Gasteiger partial charge in [-0.2, -0.15) is 11.3 Å². The van der Waals surface area contributed by atoms with Gasteiger partial charge in [-0.3, -0.25) is 9.78 Å². The first-order chi connectivity index (χ1) is 10.7. The third-order valence-corrected chi connectivity index (χ3v) is 4.03. The molecule has 3 aromatic heterocycles. The van der Waals surface area contributed by atoms with Crippen molar-refractivity contribution in [3.05, 3.63) is 76.0 Å². The van der Waals surface area contributed by atoms with Gasteiger partial charge in [0.25, 0.3) is 5.91 Å². The fraction of sp³-hybridized carbons (Fsp3) is 0.0625. The summed E-state index contributed by atoms with van der Waals surface area (Å²) in [6, 6.07) is 8.94. The monoisotopic (exact) mass is 329 g/mol. The molecule has 110 valence electrons. The van der Waals surface area contributed by atoms with Gasteiger partial charge < -0.3 is 4.90 Å². The second-order valence-electron chi connectivity index (χ2n) is 4.60. The number of hydrogen-bond donors (Lipinski definition) is 0. The van der Waals surface area contributed by atoms with Crippen molar-refractivity contribution in [3.8, 4) is 0 Å². The van der Waals surface area contributed by atoms with Crippen molar-refractivity contribution in [1.82, 2.24) is 9.97 Å². The van der Waals surface area contributed by atoms with Crippen LogP contribution in [0, 0.1) is 0 Å². The fourth-order valence-electron chi connectivity index (χ4n) is 2.00. The van der Waals surface area contributed by atoms with Crippen LogP contribution >= 0.6 is 22.9 Å². The average molecular weight is 330 g/mol. The van der Waals surface area contributed by atoms with Crippen molar-refractivity contribution < 1.29 is 4.79 Å². The van der Waals surface area contributed by atoms with Crippen molar-refractivity contribution >= 4 is 34.5 Å². The number of anilines is 1. The van der Waals surface area contributed by atoms with E-state index in [0.29, 0.717) is 17.3 Å². The first-order valence-corrected chi connectivity index (χ1v) is 7.90. The predicted molar refractivity (Wildman–Crippen MR) is 88.3 cm³/mol. The van der Waals surface area contributed by atoms with Gasteiger partial charge >= 0.3 is 0 Å². The fourth-order valence-corrected chi connectivity index (χ4v) is 2.77. The third kappa shape index (κ3) is 3.32. The first-order valence-electron chi connectivity index (χ1n) is 6.58. The summed E-state index contributed by atoms with van der Waals surface area (Å²) in [5.74, 6) is -0.184. The molecule has 0 aliphatic rings. The lowest BCUT2D eigenvalue weighted by Gasteiger charge is -2.21. The highest BCUT2D eigenvalue weighted by Crippen LogP contribution is 2.20. The predicted octanol–water partition coefficient (Wildman–Crippen LogP) is 4.04. The van der Waals surface area contributed by atoms with E-state index < -0.39 is 0 Å². The van der Waals surface area contributed by atoms with E-state index in [-0.39, 0.29) is 5.91 Å². The van der Waals surface area contributed by atoms with Crippen LogP contribution in [0.4, 0.5) is 5.69 Å². The summed E-state index contributed by atoms with van der Waals surface area (Å²) in [5.41, 5.74) is 2.15. The number of rotatable bonds is 4. The lowest BCUT2D eigenvalue weighted by molar-refractivity contribution is 0.0980. The second-order valence-corrected chi connectivity index (χ2v) is 5.81. The Labute approximate surface area is 137 Å². The van der Waals surface area contributed by atoms with Crippen molar-refractivity contribution in [2.45, 2.75) is 6.54 Å². The number of aromatic nitrogens is 2. The van der Waals surface area contributed by atoms with Gasteiger partial charge in [0.2, 0.25) is 0 Å². The topological polar surface area (TPSA) is 46.1 Å². The van der Waals surface area contributed by atoms with Gasteiger partial charge in [0.1, 0.15) is 5.69 Å². The summed E-state index contributed by atoms with van der Waals surface area (Å²) in [6.45, 7) is 0.471. The maximum atomic E-state index is 12.8. The molecule has 0 unspecified atom stereocenters. The molecule has 0 bridgehead atoms. The minimum absolute atomic E-state index is 0.184. The Morgan fingerprint density at radius 2 is 2.14 bits per heavy atom. The zero-order chi connectivity index (χ0) is 15.4. The molecule has 0 radical (unpaired) electrons. The van der Waals surface area contributed by atoms with E-state index in [1.807, 2.05) is 22.9 Å². The highest BCUT2D eigenvalue weighted by molar-refractivity contribution is 7.07. The Morgan fingerprint density at radius 1 is 1.23 bits per heavy atom. The number of carbonyl (C=O) groups is 1. The molecule has 0 aromatic carbocycles. The summed E-state index contributed by atoms with van der Waals surface area (Å²) in [6.07, 6.45) is 4.82. The molecule has 0 saturated carbocycles. The molecule has 0 atom stereocenters. The minimum atomic E-state index is -0.184. The normalized spacial score (nSPS) is 10.4. The van der Waals surface area contributed by atoms with Crippen LogP contribution in [0.15, 0.2) is 59.7 Å². The lowest BCUT2D eigenvalue weighted by atomic mass is 10.2. The Bertz CT molecular complexity index is 745. The Hall–Kier alpha value is -2.24.